The molecule has 2 aromatic heterocycles. The highest BCUT2D eigenvalue weighted by atomic mass is 32.2. The number of rotatable bonds is 1. The third kappa shape index (κ3) is 3.76. The molecule has 100 valence electrons. The van der Waals surface area contributed by atoms with Crippen molar-refractivity contribution in [3.8, 4) is 5.06 Å². The van der Waals surface area contributed by atoms with Crippen LogP contribution >= 0.6 is 22.7 Å². The average molecular weight is 313 g/mol. The molecular formula is C12H11NO3S3. The Balaban J connectivity index is 0.000000186. The number of aromatic nitrogens is 1. The van der Waals surface area contributed by atoms with Gasteiger partial charge in [0.15, 0.2) is 14.9 Å². The van der Waals surface area contributed by atoms with E-state index in [1.807, 2.05) is 5.38 Å². The minimum Gasteiger partial charge on any atom is -0.499 e. The van der Waals surface area contributed by atoms with Crippen LogP contribution in [0.4, 0.5) is 0 Å². The van der Waals surface area contributed by atoms with Gasteiger partial charge in [-0.1, -0.05) is 0 Å². The van der Waals surface area contributed by atoms with Crippen molar-refractivity contribution in [1.82, 2.24) is 4.98 Å². The smallest absolute Gasteiger partial charge is 0.175 e. The molecule has 1 N–H and O–H groups in total. The second-order valence-electron chi connectivity index (χ2n) is 3.71. The van der Waals surface area contributed by atoms with Gasteiger partial charge in [0.1, 0.15) is 0 Å². The van der Waals surface area contributed by atoms with E-state index in [-0.39, 0.29) is 0 Å². The van der Waals surface area contributed by atoms with Gasteiger partial charge < -0.3 is 5.11 Å². The van der Waals surface area contributed by atoms with E-state index in [1.165, 1.54) is 28.9 Å². The molecule has 0 saturated carbocycles. The van der Waals surface area contributed by atoms with Crippen molar-refractivity contribution >= 4 is 42.7 Å². The molecule has 4 nitrogen and oxygen atoms in total. The van der Waals surface area contributed by atoms with Gasteiger partial charge >= 0.3 is 0 Å². The highest BCUT2D eigenvalue weighted by Crippen LogP contribution is 2.21. The van der Waals surface area contributed by atoms with E-state index in [2.05, 4.69) is 4.98 Å². The average Bonchev–Trinajstić information content (AvgIpc) is 2.97. The molecule has 3 aromatic rings. The summed E-state index contributed by atoms with van der Waals surface area (Å²) in [5.41, 5.74) is 2.45. The van der Waals surface area contributed by atoms with E-state index >= 15 is 0 Å². The fourth-order valence-corrected chi connectivity index (χ4v) is 3.09. The van der Waals surface area contributed by atoms with Gasteiger partial charge in [-0.25, -0.2) is 13.4 Å². The Kier molecular flexibility index (Phi) is 4.18. The Bertz CT molecular complexity index is 760. The number of nitrogens with zero attached hydrogens (tertiary/aromatic N) is 1. The maximum Gasteiger partial charge on any atom is 0.175 e. The molecule has 0 aliphatic rings. The van der Waals surface area contributed by atoms with Crippen LogP contribution in [0.5, 0.6) is 5.06 Å². The minimum atomic E-state index is -3.11. The first-order chi connectivity index (χ1) is 8.97. The highest BCUT2D eigenvalue weighted by Gasteiger charge is 2.07. The fraction of sp³-hybridized carbons (Fsp3) is 0.0833. The van der Waals surface area contributed by atoms with E-state index in [1.54, 1.807) is 35.8 Å². The topological polar surface area (TPSA) is 67.3 Å². The van der Waals surface area contributed by atoms with Crippen molar-refractivity contribution in [1.29, 1.82) is 0 Å². The van der Waals surface area contributed by atoms with Gasteiger partial charge in [0.2, 0.25) is 0 Å². The van der Waals surface area contributed by atoms with Gasteiger partial charge in [-0.2, -0.15) is 0 Å². The van der Waals surface area contributed by atoms with Crippen molar-refractivity contribution in [2.75, 3.05) is 6.26 Å². The molecule has 1 aromatic carbocycles. The van der Waals surface area contributed by atoms with Crippen molar-refractivity contribution in [2.24, 2.45) is 0 Å². The molecule has 0 aliphatic carbocycles. The lowest BCUT2D eigenvalue weighted by Crippen LogP contribution is -1.95. The minimum absolute atomic E-state index is 0.325. The molecule has 7 heteroatoms. The van der Waals surface area contributed by atoms with Gasteiger partial charge in [0.05, 0.1) is 20.6 Å². The zero-order chi connectivity index (χ0) is 13.9. The summed E-state index contributed by atoms with van der Waals surface area (Å²) < 4.78 is 23.4. The number of thiophene rings is 1. The predicted molar refractivity (Wildman–Crippen MR) is 78.7 cm³/mol. The van der Waals surface area contributed by atoms with E-state index in [0.29, 0.717) is 9.96 Å². The molecule has 2 heterocycles. The number of sulfone groups is 1. The molecule has 0 aliphatic heterocycles. The molecular weight excluding hydrogens is 302 g/mol. The lowest BCUT2D eigenvalue weighted by Gasteiger charge is -1.96. The van der Waals surface area contributed by atoms with Crippen LogP contribution in [0, 0.1) is 0 Å². The van der Waals surface area contributed by atoms with Crippen molar-refractivity contribution in [2.45, 2.75) is 4.90 Å². The van der Waals surface area contributed by atoms with Crippen LogP contribution in [0.3, 0.4) is 0 Å². The molecule has 0 radical (unpaired) electrons. The lowest BCUT2D eigenvalue weighted by molar-refractivity contribution is 0.491. The summed E-state index contributed by atoms with van der Waals surface area (Å²) in [5.74, 6) is 0. The van der Waals surface area contributed by atoms with Crippen LogP contribution in [-0.2, 0) is 9.84 Å². The Labute approximate surface area is 118 Å². The summed E-state index contributed by atoms with van der Waals surface area (Å²) in [6, 6.07) is 8.45. The molecule has 19 heavy (non-hydrogen) atoms. The summed E-state index contributed by atoms with van der Waals surface area (Å²) in [6.45, 7) is 0. The third-order valence-corrected chi connectivity index (χ3v) is 4.83. The second-order valence-corrected chi connectivity index (χ2v) is 7.53. The zero-order valence-corrected chi connectivity index (χ0v) is 12.4. The maximum absolute atomic E-state index is 11.2. The zero-order valence-electron chi connectivity index (χ0n) is 9.98. The molecule has 0 fully saturated rings. The Hall–Kier alpha value is -1.44. The standard InChI is InChI=1S/C8H7NO2S2.C4H4OS/c1-13(10,11)6-2-3-8-7(4-6)9-5-12-8;5-4-2-1-3-6-4/h2-5H,1H3;1-3,5H. The van der Waals surface area contributed by atoms with Crippen LogP contribution in [0.15, 0.2) is 46.1 Å². The van der Waals surface area contributed by atoms with Crippen LogP contribution in [0.1, 0.15) is 0 Å². The summed E-state index contributed by atoms with van der Waals surface area (Å²) in [6.07, 6.45) is 1.19. The van der Waals surface area contributed by atoms with Gasteiger partial charge in [-0.15, -0.1) is 22.7 Å². The highest BCUT2D eigenvalue weighted by molar-refractivity contribution is 7.90. The summed E-state index contributed by atoms with van der Waals surface area (Å²) in [7, 11) is -3.11. The van der Waals surface area contributed by atoms with Gasteiger partial charge in [-0.3, -0.25) is 0 Å². The number of hydrogen-bond donors (Lipinski definition) is 1. The molecule has 3 rings (SSSR count). The summed E-state index contributed by atoms with van der Waals surface area (Å²) in [5, 5.41) is 10.7. The molecule has 0 unspecified atom stereocenters. The van der Waals surface area contributed by atoms with Crippen molar-refractivity contribution < 1.29 is 13.5 Å². The first kappa shape index (κ1) is 14.0. The van der Waals surface area contributed by atoms with Crippen LogP contribution < -0.4 is 0 Å². The Morgan fingerprint density at radius 1 is 1.21 bits per heavy atom. The SMILES string of the molecule is CS(=O)(=O)c1ccc2scnc2c1.Oc1cccs1. The first-order valence-corrected chi connectivity index (χ1v) is 8.87. The number of aromatic hydroxyl groups is 1. The Morgan fingerprint density at radius 3 is 2.53 bits per heavy atom. The normalized spacial score (nSPS) is 11.0. The van der Waals surface area contributed by atoms with E-state index in [9.17, 15) is 8.42 Å². The van der Waals surface area contributed by atoms with E-state index in [0.717, 1.165) is 10.2 Å². The predicted octanol–water partition coefficient (Wildman–Crippen LogP) is 3.15. The molecule has 0 atom stereocenters. The fourth-order valence-electron chi connectivity index (χ4n) is 1.34. The second kappa shape index (κ2) is 5.68. The summed E-state index contributed by atoms with van der Waals surface area (Å²) in [4.78, 5) is 4.37. The molecule has 0 saturated heterocycles. The maximum atomic E-state index is 11.2. The van der Waals surface area contributed by atoms with Crippen molar-refractivity contribution in [3.05, 3.63) is 41.2 Å². The largest absolute Gasteiger partial charge is 0.499 e. The van der Waals surface area contributed by atoms with Gasteiger partial charge in [0.25, 0.3) is 0 Å². The van der Waals surface area contributed by atoms with Gasteiger partial charge in [-0.05, 0) is 35.7 Å². The van der Waals surface area contributed by atoms with Gasteiger partial charge in [0, 0.05) is 6.26 Å². The Morgan fingerprint density at radius 2 is 2.00 bits per heavy atom. The number of benzene rings is 1. The van der Waals surface area contributed by atoms with Crippen molar-refractivity contribution in [3.63, 3.8) is 0 Å². The quantitative estimate of drug-likeness (QED) is 0.749. The molecule has 0 bridgehead atoms. The third-order valence-electron chi connectivity index (χ3n) is 2.24. The number of hydrogen-bond acceptors (Lipinski definition) is 6. The molecule has 0 amide bonds. The van der Waals surface area contributed by atoms with Crippen LogP contribution in [0.2, 0.25) is 0 Å². The first-order valence-electron chi connectivity index (χ1n) is 5.22. The van der Waals surface area contributed by atoms with E-state index in [4.69, 9.17) is 5.11 Å². The van der Waals surface area contributed by atoms with E-state index < -0.39 is 9.84 Å². The monoisotopic (exact) mass is 313 g/mol. The molecule has 0 spiro atoms. The summed E-state index contributed by atoms with van der Waals surface area (Å²) >= 11 is 2.83. The number of thiazole rings is 1. The van der Waals surface area contributed by atoms with Crippen LogP contribution in [-0.4, -0.2) is 24.8 Å². The van der Waals surface area contributed by atoms with Crippen LogP contribution in [0.25, 0.3) is 10.2 Å². The lowest BCUT2D eigenvalue weighted by atomic mass is 10.3. The number of fused-ring (bicyclic) bond motifs is 1.